The normalized spacial score (nSPS) is 11.8. The molecule has 0 fully saturated rings. The minimum Gasteiger partial charge on any atom is -0.508 e. The van der Waals surface area contributed by atoms with Crippen molar-refractivity contribution in [2.45, 2.75) is 13.3 Å². The van der Waals surface area contributed by atoms with Crippen molar-refractivity contribution in [3.05, 3.63) is 90.0 Å². The first-order chi connectivity index (χ1) is 15.5. The summed E-state index contributed by atoms with van der Waals surface area (Å²) in [5.41, 5.74) is 3.79. The average molecular weight is 431 g/mol. The molecule has 1 amide bonds. The van der Waals surface area contributed by atoms with Crippen LogP contribution in [0, 0.1) is 0 Å². The molecule has 3 rings (SSSR count). The topological polar surface area (TPSA) is 61.8 Å². The molecule has 0 spiro atoms. The van der Waals surface area contributed by atoms with E-state index in [0.717, 1.165) is 23.4 Å². The van der Waals surface area contributed by atoms with Crippen molar-refractivity contribution in [1.82, 2.24) is 4.90 Å². The second kappa shape index (κ2) is 11.2. The lowest BCUT2D eigenvalue weighted by Crippen LogP contribution is -2.19. The van der Waals surface area contributed by atoms with Gasteiger partial charge in [0, 0.05) is 12.2 Å². The summed E-state index contributed by atoms with van der Waals surface area (Å²) in [7, 11) is 4.00. The predicted octanol–water partition coefficient (Wildman–Crippen LogP) is 5.29. The molecule has 0 radical (unpaired) electrons. The molecule has 0 unspecified atom stereocenters. The zero-order valence-corrected chi connectivity index (χ0v) is 18.8. The molecular formula is C27H30N2O3. The molecule has 0 aliphatic carbocycles. The predicted molar refractivity (Wildman–Crippen MR) is 131 cm³/mol. The van der Waals surface area contributed by atoms with Gasteiger partial charge in [0.2, 0.25) is 0 Å². The number of aromatic hydroxyl groups is 1. The van der Waals surface area contributed by atoms with Crippen LogP contribution >= 0.6 is 0 Å². The highest BCUT2D eigenvalue weighted by Crippen LogP contribution is 2.31. The van der Waals surface area contributed by atoms with E-state index in [-0.39, 0.29) is 11.7 Å². The Labute approximate surface area is 190 Å². The molecule has 2 N–H and O–H groups in total. The van der Waals surface area contributed by atoms with Crippen LogP contribution in [-0.2, 0) is 4.79 Å². The van der Waals surface area contributed by atoms with Gasteiger partial charge in [0.25, 0.3) is 5.91 Å². The molecule has 0 saturated carbocycles. The monoisotopic (exact) mass is 430 g/mol. The third-order valence-electron chi connectivity index (χ3n) is 5.06. The van der Waals surface area contributed by atoms with Gasteiger partial charge in [0.1, 0.15) is 18.1 Å². The van der Waals surface area contributed by atoms with Crippen LogP contribution in [0.3, 0.4) is 0 Å². The van der Waals surface area contributed by atoms with E-state index >= 15 is 0 Å². The number of ether oxygens (including phenoxy) is 1. The van der Waals surface area contributed by atoms with Gasteiger partial charge in [-0.15, -0.1) is 0 Å². The highest BCUT2D eigenvalue weighted by Gasteiger charge is 2.19. The second-order valence-corrected chi connectivity index (χ2v) is 7.75. The van der Waals surface area contributed by atoms with Crippen molar-refractivity contribution in [3.8, 4) is 11.5 Å². The van der Waals surface area contributed by atoms with Crippen molar-refractivity contribution in [1.29, 1.82) is 0 Å². The van der Waals surface area contributed by atoms with E-state index in [9.17, 15) is 9.90 Å². The van der Waals surface area contributed by atoms with E-state index in [1.165, 1.54) is 0 Å². The fourth-order valence-electron chi connectivity index (χ4n) is 3.44. The molecule has 3 aromatic carbocycles. The summed E-state index contributed by atoms with van der Waals surface area (Å²) in [5.74, 6) is 0.653. The van der Waals surface area contributed by atoms with E-state index in [4.69, 9.17) is 4.74 Å². The Morgan fingerprint density at radius 3 is 2.25 bits per heavy atom. The van der Waals surface area contributed by atoms with Crippen LogP contribution in [0.15, 0.2) is 78.9 Å². The highest BCUT2D eigenvalue weighted by atomic mass is 16.5. The largest absolute Gasteiger partial charge is 0.508 e. The molecule has 0 aliphatic rings. The zero-order chi connectivity index (χ0) is 22.9. The highest BCUT2D eigenvalue weighted by molar-refractivity contribution is 6.31. The van der Waals surface area contributed by atoms with Gasteiger partial charge in [-0.1, -0.05) is 49.4 Å². The zero-order valence-electron chi connectivity index (χ0n) is 18.8. The summed E-state index contributed by atoms with van der Waals surface area (Å²) in [6, 6.07) is 24.0. The van der Waals surface area contributed by atoms with Crippen LogP contribution in [0.5, 0.6) is 11.5 Å². The fraction of sp³-hybridized carbons (Fsp3) is 0.222. The number of likely N-dealkylation sites (N-methyl/N-ethyl adjacent to an activating group) is 1. The number of carbonyl (C=O) groups excluding carboxylic acids is 1. The number of benzene rings is 3. The van der Waals surface area contributed by atoms with E-state index in [0.29, 0.717) is 29.9 Å². The Bertz CT molecular complexity index is 1060. The quantitative estimate of drug-likeness (QED) is 0.358. The Hall–Kier alpha value is -3.57. The summed E-state index contributed by atoms with van der Waals surface area (Å²) >= 11 is 0. The number of phenols is 1. The molecule has 3 aromatic rings. The maximum absolute atomic E-state index is 13.4. The average Bonchev–Trinajstić information content (AvgIpc) is 2.78. The molecule has 0 atom stereocenters. The van der Waals surface area contributed by atoms with Gasteiger partial charge in [-0.05, 0) is 73.6 Å². The SMILES string of the molecule is CCC(=C(C(=O)Nc1ccc(OCCN(C)C)cc1)c1cccc(O)c1)c1ccccc1. The van der Waals surface area contributed by atoms with E-state index in [1.807, 2.05) is 81.7 Å². The summed E-state index contributed by atoms with van der Waals surface area (Å²) in [4.78, 5) is 15.5. The van der Waals surface area contributed by atoms with Gasteiger partial charge in [0.05, 0.1) is 5.57 Å². The van der Waals surface area contributed by atoms with Gasteiger partial charge in [-0.25, -0.2) is 0 Å². The third kappa shape index (κ3) is 6.22. The van der Waals surface area contributed by atoms with Crippen molar-refractivity contribution in [3.63, 3.8) is 0 Å². The maximum atomic E-state index is 13.4. The van der Waals surface area contributed by atoms with E-state index in [1.54, 1.807) is 18.2 Å². The van der Waals surface area contributed by atoms with Crippen LogP contribution < -0.4 is 10.1 Å². The number of carbonyl (C=O) groups is 1. The molecule has 32 heavy (non-hydrogen) atoms. The molecule has 166 valence electrons. The maximum Gasteiger partial charge on any atom is 0.256 e. The number of hydrogen-bond donors (Lipinski definition) is 2. The molecular weight excluding hydrogens is 400 g/mol. The Morgan fingerprint density at radius 2 is 1.62 bits per heavy atom. The lowest BCUT2D eigenvalue weighted by atomic mass is 9.92. The Morgan fingerprint density at radius 1 is 0.938 bits per heavy atom. The molecule has 0 aromatic heterocycles. The molecule has 0 heterocycles. The molecule has 0 aliphatic heterocycles. The number of allylic oxidation sites excluding steroid dienone is 1. The number of amides is 1. The van der Waals surface area contributed by atoms with Gasteiger partial charge >= 0.3 is 0 Å². The van der Waals surface area contributed by atoms with Gasteiger partial charge in [-0.3, -0.25) is 4.79 Å². The van der Waals surface area contributed by atoms with Crippen molar-refractivity contribution in [2.24, 2.45) is 0 Å². The number of nitrogens with zero attached hydrogens (tertiary/aromatic N) is 1. The number of nitrogens with one attached hydrogen (secondary N) is 1. The summed E-state index contributed by atoms with van der Waals surface area (Å²) in [5, 5.41) is 13.0. The van der Waals surface area contributed by atoms with E-state index < -0.39 is 0 Å². The van der Waals surface area contributed by atoms with Gasteiger partial charge < -0.3 is 20.1 Å². The first kappa shape index (κ1) is 23.1. The van der Waals surface area contributed by atoms with Crippen LogP contribution in [0.25, 0.3) is 11.1 Å². The van der Waals surface area contributed by atoms with Gasteiger partial charge in [0.15, 0.2) is 0 Å². The molecule has 0 bridgehead atoms. The second-order valence-electron chi connectivity index (χ2n) is 7.75. The first-order valence-corrected chi connectivity index (χ1v) is 10.7. The Balaban J connectivity index is 1.89. The van der Waals surface area contributed by atoms with Crippen LogP contribution in [0.1, 0.15) is 24.5 Å². The summed E-state index contributed by atoms with van der Waals surface area (Å²) < 4.78 is 5.73. The van der Waals surface area contributed by atoms with E-state index in [2.05, 4.69) is 10.2 Å². The lowest BCUT2D eigenvalue weighted by molar-refractivity contribution is -0.111. The number of phenolic OH excluding ortho intramolecular Hbond substituents is 1. The molecule has 5 nitrogen and oxygen atoms in total. The Kier molecular flexibility index (Phi) is 8.06. The fourth-order valence-corrected chi connectivity index (χ4v) is 3.44. The standard InChI is InChI=1S/C27H30N2O3/c1-4-25(20-9-6-5-7-10-20)26(21-11-8-12-23(30)19-21)27(31)28-22-13-15-24(16-14-22)32-18-17-29(2)3/h5-16,19,30H,4,17-18H2,1-3H3,(H,28,31). The number of hydrogen-bond acceptors (Lipinski definition) is 4. The first-order valence-electron chi connectivity index (χ1n) is 10.7. The van der Waals surface area contributed by atoms with Crippen molar-refractivity contribution >= 4 is 22.7 Å². The summed E-state index contributed by atoms with van der Waals surface area (Å²) in [6.45, 7) is 3.45. The molecule has 0 saturated heterocycles. The minimum atomic E-state index is -0.224. The van der Waals surface area contributed by atoms with Gasteiger partial charge in [-0.2, -0.15) is 0 Å². The number of anilines is 1. The minimum absolute atomic E-state index is 0.121. The van der Waals surface area contributed by atoms with Crippen LogP contribution in [0.2, 0.25) is 0 Å². The lowest BCUT2D eigenvalue weighted by Gasteiger charge is -2.16. The molecule has 5 heteroatoms. The van der Waals surface area contributed by atoms with Crippen LogP contribution in [0.4, 0.5) is 5.69 Å². The van der Waals surface area contributed by atoms with Crippen LogP contribution in [-0.4, -0.2) is 43.2 Å². The van der Waals surface area contributed by atoms with Crippen molar-refractivity contribution in [2.75, 3.05) is 32.6 Å². The van der Waals surface area contributed by atoms with Crippen molar-refractivity contribution < 1.29 is 14.6 Å². The smallest absolute Gasteiger partial charge is 0.256 e. The summed E-state index contributed by atoms with van der Waals surface area (Å²) in [6.07, 6.45) is 0.668. The number of rotatable bonds is 9. The third-order valence-corrected chi connectivity index (χ3v) is 5.06.